The Bertz CT molecular complexity index is 300. The Hall–Kier alpha value is -1.38. The van der Waals surface area contributed by atoms with Gasteiger partial charge in [0, 0.05) is 18.3 Å². The summed E-state index contributed by atoms with van der Waals surface area (Å²) in [6.45, 7) is 3.12. The van der Waals surface area contributed by atoms with E-state index < -0.39 is 0 Å². The minimum absolute atomic E-state index is 0.179. The zero-order valence-corrected chi connectivity index (χ0v) is 9.42. The zero-order chi connectivity index (χ0) is 11.1. The summed E-state index contributed by atoms with van der Waals surface area (Å²) in [5.74, 6) is 0.687. The maximum atomic E-state index is 9.53. The number of hydrogen-bond acceptors (Lipinski definition) is 3. The molecule has 0 unspecified atom stereocenters. The molecule has 0 heterocycles. The molecule has 0 aromatic heterocycles. The van der Waals surface area contributed by atoms with Gasteiger partial charge in [-0.3, -0.25) is 0 Å². The molecule has 1 aromatic carbocycles. The van der Waals surface area contributed by atoms with Crippen molar-refractivity contribution >= 4 is 5.69 Å². The lowest BCUT2D eigenvalue weighted by Crippen LogP contribution is -2.00. The van der Waals surface area contributed by atoms with E-state index in [1.807, 2.05) is 6.07 Å². The summed E-state index contributed by atoms with van der Waals surface area (Å²) in [4.78, 5) is 0. The number of anilines is 1. The van der Waals surface area contributed by atoms with Gasteiger partial charge in [0.1, 0.15) is 0 Å². The molecular formula is C12H19NO2. The van der Waals surface area contributed by atoms with Crippen molar-refractivity contribution in [2.24, 2.45) is 0 Å². The first-order valence-electron chi connectivity index (χ1n) is 5.38. The molecule has 0 fully saturated rings. The molecule has 0 atom stereocenters. The van der Waals surface area contributed by atoms with Crippen LogP contribution in [0.15, 0.2) is 18.2 Å². The summed E-state index contributed by atoms with van der Waals surface area (Å²) in [7, 11) is 1.55. The van der Waals surface area contributed by atoms with Gasteiger partial charge in [0.15, 0.2) is 11.5 Å². The molecule has 0 bridgehead atoms. The highest BCUT2D eigenvalue weighted by atomic mass is 16.5. The van der Waals surface area contributed by atoms with E-state index in [4.69, 9.17) is 4.74 Å². The first kappa shape index (κ1) is 11.7. The van der Waals surface area contributed by atoms with Crippen LogP contribution in [0.1, 0.15) is 26.2 Å². The second-order valence-corrected chi connectivity index (χ2v) is 3.52. The monoisotopic (exact) mass is 209 g/mol. The van der Waals surface area contributed by atoms with E-state index in [9.17, 15) is 5.11 Å². The number of benzene rings is 1. The van der Waals surface area contributed by atoms with Crippen molar-refractivity contribution in [1.29, 1.82) is 0 Å². The summed E-state index contributed by atoms with van der Waals surface area (Å²) in [6, 6.07) is 5.35. The van der Waals surface area contributed by atoms with E-state index in [1.54, 1.807) is 19.2 Å². The van der Waals surface area contributed by atoms with Crippen LogP contribution < -0.4 is 10.1 Å². The normalized spacial score (nSPS) is 10.0. The highest BCUT2D eigenvalue weighted by molar-refractivity contribution is 5.53. The maximum absolute atomic E-state index is 9.53. The highest BCUT2D eigenvalue weighted by Gasteiger charge is 2.01. The average molecular weight is 209 g/mol. The fourth-order valence-corrected chi connectivity index (χ4v) is 1.41. The number of ether oxygens (including phenoxy) is 1. The maximum Gasteiger partial charge on any atom is 0.160 e. The van der Waals surface area contributed by atoms with Crippen molar-refractivity contribution in [3.8, 4) is 11.5 Å². The smallest absolute Gasteiger partial charge is 0.160 e. The van der Waals surface area contributed by atoms with Gasteiger partial charge < -0.3 is 15.2 Å². The molecule has 0 saturated carbocycles. The standard InChI is InChI=1S/C12H19NO2/c1-3-4-5-8-13-10-6-7-12(15-2)11(14)9-10/h6-7,9,13-14H,3-5,8H2,1-2H3. The van der Waals surface area contributed by atoms with Gasteiger partial charge in [-0.1, -0.05) is 19.8 Å². The number of phenols is 1. The molecule has 0 spiro atoms. The van der Waals surface area contributed by atoms with E-state index in [1.165, 1.54) is 12.8 Å². The van der Waals surface area contributed by atoms with Gasteiger partial charge in [0.05, 0.1) is 7.11 Å². The number of aromatic hydroxyl groups is 1. The SMILES string of the molecule is CCCCCNc1ccc(OC)c(O)c1. The molecule has 0 amide bonds. The summed E-state index contributed by atoms with van der Waals surface area (Å²) in [6.07, 6.45) is 3.61. The molecule has 0 saturated heterocycles. The number of rotatable bonds is 6. The van der Waals surface area contributed by atoms with Gasteiger partial charge in [0.2, 0.25) is 0 Å². The lowest BCUT2D eigenvalue weighted by Gasteiger charge is -2.08. The molecule has 1 aromatic rings. The minimum Gasteiger partial charge on any atom is -0.504 e. The van der Waals surface area contributed by atoms with Crippen LogP contribution in [0.4, 0.5) is 5.69 Å². The summed E-state index contributed by atoms with van der Waals surface area (Å²) in [5.41, 5.74) is 0.935. The second kappa shape index (κ2) is 6.17. The van der Waals surface area contributed by atoms with E-state index in [0.717, 1.165) is 18.7 Å². The van der Waals surface area contributed by atoms with Crippen LogP contribution in [0.2, 0.25) is 0 Å². The van der Waals surface area contributed by atoms with Crippen molar-refractivity contribution in [2.45, 2.75) is 26.2 Å². The lowest BCUT2D eigenvalue weighted by molar-refractivity contribution is 0.373. The van der Waals surface area contributed by atoms with Crippen molar-refractivity contribution < 1.29 is 9.84 Å². The minimum atomic E-state index is 0.179. The van der Waals surface area contributed by atoms with Gasteiger partial charge in [-0.05, 0) is 18.6 Å². The van der Waals surface area contributed by atoms with Crippen LogP contribution in [0.3, 0.4) is 0 Å². The van der Waals surface area contributed by atoms with Crippen molar-refractivity contribution in [3.05, 3.63) is 18.2 Å². The molecule has 2 N–H and O–H groups in total. The highest BCUT2D eigenvalue weighted by Crippen LogP contribution is 2.28. The fourth-order valence-electron chi connectivity index (χ4n) is 1.41. The van der Waals surface area contributed by atoms with Gasteiger partial charge in [0.25, 0.3) is 0 Å². The first-order chi connectivity index (χ1) is 7.27. The van der Waals surface area contributed by atoms with E-state index in [0.29, 0.717) is 5.75 Å². The van der Waals surface area contributed by atoms with Gasteiger partial charge in [-0.15, -0.1) is 0 Å². The number of phenolic OH excluding ortho intramolecular Hbond substituents is 1. The third kappa shape index (κ3) is 3.70. The van der Waals surface area contributed by atoms with Crippen LogP contribution in [-0.4, -0.2) is 18.8 Å². The molecule has 1 rings (SSSR count). The Morgan fingerprint density at radius 2 is 2.13 bits per heavy atom. The van der Waals surface area contributed by atoms with E-state index in [2.05, 4.69) is 12.2 Å². The van der Waals surface area contributed by atoms with Crippen LogP contribution in [0.25, 0.3) is 0 Å². The molecule has 3 nitrogen and oxygen atoms in total. The van der Waals surface area contributed by atoms with Gasteiger partial charge in [-0.2, -0.15) is 0 Å². The average Bonchev–Trinajstić information content (AvgIpc) is 2.25. The third-order valence-corrected chi connectivity index (χ3v) is 2.29. The Morgan fingerprint density at radius 3 is 2.73 bits per heavy atom. The fraction of sp³-hybridized carbons (Fsp3) is 0.500. The molecule has 3 heteroatoms. The van der Waals surface area contributed by atoms with Crippen LogP contribution in [-0.2, 0) is 0 Å². The summed E-state index contributed by atoms with van der Waals surface area (Å²) < 4.78 is 4.97. The Kier molecular flexibility index (Phi) is 4.81. The number of methoxy groups -OCH3 is 1. The zero-order valence-electron chi connectivity index (χ0n) is 9.42. The van der Waals surface area contributed by atoms with Crippen LogP contribution >= 0.6 is 0 Å². The first-order valence-corrected chi connectivity index (χ1v) is 5.38. The molecule has 0 aliphatic carbocycles. The Morgan fingerprint density at radius 1 is 1.33 bits per heavy atom. The predicted octanol–water partition coefficient (Wildman–Crippen LogP) is 3.00. The third-order valence-electron chi connectivity index (χ3n) is 2.29. The predicted molar refractivity (Wildman–Crippen MR) is 62.7 cm³/mol. The molecule has 84 valence electrons. The van der Waals surface area contributed by atoms with E-state index >= 15 is 0 Å². The van der Waals surface area contributed by atoms with Crippen LogP contribution in [0, 0.1) is 0 Å². The van der Waals surface area contributed by atoms with Gasteiger partial charge in [-0.25, -0.2) is 0 Å². The largest absolute Gasteiger partial charge is 0.504 e. The Balaban J connectivity index is 2.45. The van der Waals surface area contributed by atoms with Gasteiger partial charge >= 0.3 is 0 Å². The molecular weight excluding hydrogens is 190 g/mol. The quantitative estimate of drug-likeness (QED) is 0.708. The molecule has 0 radical (unpaired) electrons. The molecule has 15 heavy (non-hydrogen) atoms. The van der Waals surface area contributed by atoms with E-state index in [-0.39, 0.29) is 5.75 Å². The van der Waals surface area contributed by atoms with Crippen molar-refractivity contribution in [2.75, 3.05) is 19.0 Å². The molecule has 0 aliphatic rings. The number of nitrogens with one attached hydrogen (secondary N) is 1. The Labute approximate surface area is 91.1 Å². The van der Waals surface area contributed by atoms with Crippen molar-refractivity contribution in [1.82, 2.24) is 0 Å². The lowest BCUT2D eigenvalue weighted by atomic mass is 10.2. The second-order valence-electron chi connectivity index (χ2n) is 3.52. The topological polar surface area (TPSA) is 41.5 Å². The number of hydrogen-bond donors (Lipinski definition) is 2. The van der Waals surface area contributed by atoms with Crippen molar-refractivity contribution in [3.63, 3.8) is 0 Å². The van der Waals surface area contributed by atoms with Crippen LogP contribution in [0.5, 0.6) is 11.5 Å². The molecule has 0 aliphatic heterocycles. The number of unbranched alkanes of at least 4 members (excludes halogenated alkanes) is 2. The summed E-state index contributed by atoms with van der Waals surface area (Å²) >= 11 is 0. The summed E-state index contributed by atoms with van der Waals surface area (Å²) in [5, 5.41) is 12.8.